The highest BCUT2D eigenvalue weighted by atomic mass is 16.3. The van der Waals surface area contributed by atoms with Gasteiger partial charge in [0.15, 0.2) is 0 Å². The van der Waals surface area contributed by atoms with Crippen molar-refractivity contribution in [2.45, 2.75) is 13.0 Å². The molecule has 0 spiro atoms. The number of aliphatic hydroxyl groups excluding tert-OH is 1. The fourth-order valence-corrected chi connectivity index (χ4v) is 2.37. The molecule has 0 amide bonds. The largest absolute Gasteiger partial charge is 0.382 e. The second kappa shape index (κ2) is 5.90. The van der Waals surface area contributed by atoms with Gasteiger partial charge >= 0.3 is 0 Å². The first kappa shape index (κ1) is 13.5. The van der Waals surface area contributed by atoms with E-state index in [-0.39, 0.29) is 0 Å². The van der Waals surface area contributed by atoms with Crippen LogP contribution in [-0.2, 0) is 0 Å². The number of nitrogens with zero attached hydrogens (tertiary/aromatic N) is 1. The molecule has 0 fully saturated rings. The van der Waals surface area contributed by atoms with Crippen LogP contribution in [0.2, 0.25) is 0 Å². The van der Waals surface area contributed by atoms with Crippen LogP contribution in [0.3, 0.4) is 0 Å². The Kier molecular flexibility index (Phi) is 3.80. The first-order valence-electron chi connectivity index (χ1n) is 7.00. The van der Waals surface area contributed by atoms with Crippen LogP contribution in [0.1, 0.15) is 22.9 Å². The highest BCUT2D eigenvalue weighted by Crippen LogP contribution is 2.24. The Morgan fingerprint density at radius 2 is 1.52 bits per heavy atom. The van der Waals surface area contributed by atoms with Crippen LogP contribution in [0, 0.1) is 6.92 Å². The summed E-state index contributed by atoms with van der Waals surface area (Å²) in [6.07, 6.45) is 1.04. The van der Waals surface area contributed by atoms with Crippen molar-refractivity contribution in [3.8, 4) is 11.1 Å². The summed E-state index contributed by atoms with van der Waals surface area (Å²) < 4.78 is 0. The van der Waals surface area contributed by atoms with Gasteiger partial charge in [-0.2, -0.15) is 0 Å². The number of aliphatic hydroxyl groups is 1. The second-order valence-electron chi connectivity index (χ2n) is 5.15. The van der Waals surface area contributed by atoms with Crippen molar-refractivity contribution >= 4 is 0 Å². The minimum absolute atomic E-state index is 0.683. The van der Waals surface area contributed by atoms with Gasteiger partial charge in [-0.25, -0.2) is 0 Å². The number of aryl methyl sites for hydroxylation is 1. The Hall–Kier alpha value is -2.45. The summed E-state index contributed by atoms with van der Waals surface area (Å²) in [6.45, 7) is 2.00. The van der Waals surface area contributed by atoms with Crippen LogP contribution in [0.15, 0.2) is 72.9 Å². The lowest BCUT2D eigenvalue weighted by atomic mass is 10.00. The number of rotatable bonds is 3. The van der Waals surface area contributed by atoms with Crippen LogP contribution in [-0.4, -0.2) is 10.1 Å². The molecule has 1 atom stereocenters. The molecule has 2 heteroatoms. The first-order valence-corrected chi connectivity index (χ1v) is 7.00. The van der Waals surface area contributed by atoms with E-state index in [0.29, 0.717) is 5.69 Å². The molecule has 1 aromatic heterocycles. The molecule has 0 aliphatic carbocycles. The maximum atomic E-state index is 10.4. The van der Waals surface area contributed by atoms with Crippen molar-refractivity contribution in [1.82, 2.24) is 4.98 Å². The van der Waals surface area contributed by atoms with E-state index < -0.39 is 6.10 Å². The molecule has 0 aliphatic rings. The second-order valence-corrected chi connectivity index (χ2v) is 5.15. The SMILES string of the molecule is Cc1ccnc(C(O)c2ccc(-c3ccccc3)cc2)c1. The molecule has 3 rings (SSSR count). The maximum Gasteiger partial charge on any atom is 0.121 e. The Morgan fingerprint density at radius 3 is 2.19 bits per heavy atom. The molecule has 0 aliphatic heterocycles. The predicted molar refractivity (Wildman–Crippen MR) is 84.9 cm³/mol. The van der Waals surface area contributed by atoms with Gasteiger partial charge in [-0.05, 0) is 41.3 Å². The molecule has 1 N–H and O–H groups in total. The average molecular weight is 275 g/mol. The van der Waals surface area contributed by atoms with Crippen LogP contribution >= 0.6 is 0 Å². The number of benzene rings is 2. The monoisotopic (exact) mass is 275 g/mol. The van der Waals surface area contributed by atoms with E-state index in [2.05, 4.69) is 17.1 Å². The zero-order chi connectivity index (χ0) is 14.7. The molecular formula is C19H17NO. The highest BCUT2D eigenvalue weighted by molar-refractivity contribution is 5.63. The third-order valence-corrected chi connectivity index (χ3v) is 3.55. The van der Waals surface area contributed by atoms with Gasteiger partial charge in [0.25, 0.3) is 0 Å². The van der Waals surface area contributed by atoms with Crippen LogP contribution in [0.4, 0.5) is 0 Å². The van der Waals surface area contributed by atoms with E-state index in [4.69, 9.17) is 0 Å². The summed E-state index contributed by atoms with van der Waals surface area (Å²) in [5, 5.41) is 10.4. The summed E-state index contributed by atoms with van der Waals surface area (Å²) in [7, 11) is 0. The zero-order valence-corrected chi connectivity index (χ0v) is 11.9. The summed E-state index contributed by atoms with van der Waals surface area (Å²) in [4.78, 5) is 4.25. The summed E-state index contributed by atoms with van der Waals surface area (Å²) in [6, 6.07) is 22.0. The van der Waals surface area contributed by atoms with E-state index in [1.807, 2.05) is 61.5 Å². The fraction of sp³-hybridized carbons (Fsp3) is 0.105. The van der Waals surface area contributed by atoms with Gasteiger partial charge in [0.1, 0.15) is 6.10 Å². The first-order chi connectivity index (χ1) is 10.2. The van der Waals surface area contributed by atoms with Gasteiger partial charge in [-0.15, -0.1) is 0 Å². The molecule has 21 heavy (non-hydrogen) atoms. The Labute approximate surface area is 124 Å². The van der Waals surface area contributed by atoms with Crippen molar-refractivity contribution in [3.05, 3.63) is 89.7 Å². The van der Waals surface area contributed by atoms with Crippen molar-refractivity contribution in [2.24, 2.45) is 0 Å². The number of hydrogen-bond donors (Lipinski definition) is 1. The lowest BCUT2D eigenvalue weighted by molar-refractivity contribution is 0.215. The smallest absolute Gasteiger partial charge is 0.121 e. The number of hydrogen-bond acceptors (Lipinski definition) is 2. The third-order valence-electron chi connectivity index (χ3n) is 3.55. The minimum atomic E-state index is -0.685. The zero-order valence-electron chi connectivity index (χ0n) is 11.9. The molecule has 0 saturated carbocycles. The van der Waals surface area contributed by atoms with E-state index in [1.165, 1.54) is 5.56 Å². The molecular weight excluding hydrogens is 258 g/mol. The third kappa shape index (κ3) is 3.01. The summed E-state index contributed by atoms with van der Waals surface area (Å²) in [5.41, 5.74) is 4.95. The van der Waals surface area contributed by atoms with E-state index in [9.17, 15) is 5.11 Å². The van der Waals surface area contributed by atoms with Gasteiger partial charge in [-0.3, -0.25) is 4.98 Å². The topological polar surface area (TPSA) is 33.1 Å². The van der Waals surface area contributed by atoms with Gasteiger partial charge in [-0.1, -0.05) is 54.6 Å². The minimum Gasteiger partial charge on any atom is -0.382 e. The molecule has 2 aromatic carbocycles. The van der Waals surface area contributed by atoms with Crippen LogP contribution < -0.4 is 0 Å². The summed E-state index contributed by atoms with van der Waals surface area (Å²) in [5.74, 6) is 0. The van der Waals surface area contributed by atoms with Crippen molar-refractivity contribution < 1.29 is 5.11 Å². The van der Waals surface area contributed by atoms with E-state index in [0.717, 1.165) is 16.7 Å². The Morgan fingerprint density at radius 1 is 0.857 bits per heavy atom. The molecule has 2 nitrogen and oxygen atoms in total. The van der Waals surface area contributed by atoms with Crippen molar-refractivity contribution in [1.29, 1.82) is 0 Å². The average Bonchev–Trinajstić information content (AvgIpc) is 2.55. The standard InChI is InChI=1S/C19H17NO/c1-14-11-12-20-18(13-14)19(21)17-9-7-16(8-10-17)15-5-3-2-4-6-15/h2-13,19,21H,1H3. The normalized spacial score (nSPS) is 12.1. The molecule has 0 radical (unpaired) electrons. The van der Waals surface area contributed by atoms with Gasteiger partial charge in [0.05, 0.1) is 5.69 Å². The lowest BCUT2D eigenvalue weighted by Crippen LogP contribution is -2.02. The molecule has 3 aromatic rings. The molecule has 0 bridgehead atoms. The molecule has 1 heterocycles. The molecule has 1 unspecified atom stereocenters. The molecule has 104 valence electrons. The maximum absolute atomic E-state index is 10.4. The number of aromatic nitrogens is 1. The summed E-state index contributed by atoms with van der Waals surface area (Å²) >= 11 is 0. The lowest BCUT2D eigenvalue weighted by Gasteiger charge is -2.12. The fourth-order valence-electron chi connectivity index (χ4n) is 2.37. The van der Waals surface area contributed by atoms with Gasteiger partial charge in [0.2, 0.25) is 0 Å². The van der Waals surface area contributed by atoms with E-state index in [1.54, 1.807) is 6.20 Å². The predicted octanol–water partition coefficient (Wildman–Crippen LogP) is 4.14. The number of pyridine rings is 1. The van der Waals surface area contributed by atoms with Gasteiger partial charge < -0.3 is 5.11 Å². The van der Waals surface area contributed by atoms with Crippen LogP contribution in [0.5, 0.6) is 0 Å². The van der Waals surface area contributed by atoms with Crippen LogP contribution in [0.25, 0.3) is 11.1 Å². The van der Waals surface area contributed by atoms with Crippen molar-refractivity contribution in [2.75, 3.05) is 0 Å². The van der Waals surface area contributed by atoms with Crippen molar-refractivity contribution in [3.63, 3.8) is 0 Å². The Balaban J connectivity index is 1.87. The quantitative estimate of drug-likeness (QED) is 0.779. The Bertz CT molecular complexity index is 720. The van der Waals surface area contributed by atoms with Gasteiger partial charge in [0, 0.05) is 6.20 Å². The highest BCUT2D eigenvalue weighted by Gasteiger charge is 2.11. The van der Waals surface area contributed by atoms with E-state index >= 15 is 0 Å². The molecule has 0 saturated heterocycles.